The first-order valence-electron chi connectivity index (χ1n) is 6.65. The van der Waals surface area contributed by atoms with Crippen LogP contribution in [0.2, 0.25) is 15.3 Å². The fourth-order valence-corrected chi connectivity index (χ4v) is 2.96. The van der Waals surface area contributed by atoms with E-state index in [0.29, 0.717) is 10.7 Å². The lowest BCUT2D eigenvalue weighted by molar-refractivity contribution is 0.251. The van der Waals surface area contributed by atoms with E-state index in [9.17, 15) is 4.79 Å². The maximum atomic E-state index is 12.0. The molecule has 0 saturated carbocycles. The molecule has 0 radical (unpaired) electrons. The summed E-state index contributed by atoms with van der Waals surface area (Å²) in [5.74, 6) is 0. The molecule has 118 valence electrons. The van der Waals surface area contributed by atoms with Gasteiger partial charge in [-0.3, -0.25) is 0 Å². The summed E-state index contributed by atoms with van der Waals surface area (Å²) in [6.45, 7) is 0.270. The van der Waals surface area contributed by atoms with Crippen LogP contribution < -0.4 is 10.6 Å². The Kier molecular flexibility index (Phi) is 4.61. The van der Waals surface area contributed by atoms with Crippen molar-refractivity contribution in [1.82, 2.24) is 15.3 Å². The van der Waals surface area contributed by atoms with Crippen LogP contribution in [0.5, 0.6) is 0 Å². The molecule has 0 aliphatic rings. The van der Waals surface area contributed by atoms with Crippen molar-refractivity contribution in [2.24, 2.45) is 0 Å². The monoisotopic (exact) mass is 368 g/mol. The van der Waals surface area contributed by atoms with Gasteiger partial charge < -0.3 is 15.6 Å². The average Bonchev–Trinajstić information content (AvgIpc) is 2.93. The Bertz CT molecular complexity index is 858. The van der Waals surface area contributed by atoms with Crippen molar-refractivity contribution >= 4 is 57.4 Å². The highest BCUT2D eigenvalue weighted by molar-refractivity contribution is 6.36. The lowest BCUT2D eigenvalue weighted by atomic mass is 10.2. The number of urea groups is 1. The van der Waals surface area contributed by atoms with E-state index in [1.54, 1.807) is 30.5 Å². The third-order valence-corrected chi connectivity index (χ3v) is 3.85. The summed E-state index contributed by atoms with van der Waals surface area (Å²) in [5.41, 5.74) is 2.19. The molecule has 0 aliphatic carbocycles. The average molecular weight is 370 g/mol. The van der Waals surface area contributed by atoms with E-state index in [2.05, 4.69) is 20.6 Å². The van der Waals surface area contributed by atoms with Crippen LogP contribution in [0.3, 0.4) is 0 Å². The highest BCUT2D eigenvalue weighted by atomic mass is 35.5. The molecule has 3 rings (SSSR count). The topological polar surface area (TPSA) is 69.8 Å². The van der Waals surface area contributed by atoms with Gasteiger partial charge in [-0.05, 0) is 35.9 Å². The molecule has 0 fully saturated rings. The Balaban J connectivity index is 1.66. The van der Waals surface area contributed by atoms with Gasteiger partial charge in [0.15, 0.2) is 0 Å². The summed E-state index contributed by atoms with van der Waals surface area (Å²) in [6, 6.07) is 8.28. The van der Waals surface area contributed by atoms with Crippen LogP contribution in [0.4, 0.5) is 10.5 Å². The molecule has 0 spiro atoms. The molecule has 0 atom stereocenters. The Morgan fingerprint density at radius 3 is 2.61 bits per heavy atom. The number of fused-ring (bicyclic) bond motifs is 1. The highest BCUT2D eigenvalue weighted by Gasteiger charge is 2.07. The van der Waals surface area contributed by atoms with Crippen LogP contribution in [0.15, 0.2) is 36.5 Å². The maximum absolute atomic E-state index is 12.0. The molecule has 8 heteroatoms. The number of nitrogens with zero attached hydrogens (tertiary/aromatic N) is 1. The van der Waals surface area contributed by atoms with Gasteiger partial charge in [0.1, 0.15) is 10.3 Å². The number of benzene rings is 1. The second-order valence-electron chi connectivity index (χ2n) is 4.83. The smallest absolute Gasteiger partial charge is 0.319 e. The lowest BCUT2D eigenvalue weighted by Crippen LogP contribution is -2.28. The minimum Gasteiger partial charge on any atom is -0.361 e. The number of amides is 2. The van der Waals surface area contributed by atoms with Crippen LogP contribution in [0, 0.1) is 0 Å². The molecular formula is C15H11Cl3N4O. The van der Waals surface area contributed by atoms with Crippen LogP contribution >= 0.6 is 34.8 Å². The quantitative estimate of drug-likeness (QED) is 0.578. The lowest BCUT2D eigenvalue weighted by Gasteiger charge is -2.09. The molecule has 3 N–H and O–H groups in total. The zero-order chi connectivity index (χ0) is 16.4. The van der Waals surface area contributed by atoms with Crippen molar-refractivity contribution in [1.29, 1.82) is 0 Å². The summed E-state index contributed by atoms with van der Waals surface area (Å²) in [4.78, 5) is 18.9. The zero-order valence-electron chi connectivity index (χ0n) is 11.7. The largest absolute Gasteiger partial charge is 0.361 e. The van der Waals surface area contributed by atoms with E-state index in [1.165, 1.54) is 0 Å². The first-order chi connectivity index (χ1) is 11.0. The van der Waals surface area contributed by atoms with Gasteiger partial charge in [0.05, 0.1) is 5.02 Å². The van der Waals surface area contributed by atoms with Gasteiger partial charge in [0.2, 0.25) is 0 Å². The Labute approximate surface area is 146 Å². The first-order valence-corrected chi connectivity index (χ1v) is 7.78. The number of hydrogen-bond donors (Lipinski definition) is 3. The fraction of sp³-hybridized carbons (Fsp3) is 0.0667. The van der Waals surface area contributed by atoms with Crippen LogP contribution in [0.1, 0.15) is 5.56 Å². The van der Waals surface area contributed by atoms with Gasteiger partial charge in [-0.25, -0.2) is 9.78 Å². The van der Waals surface area contributed by atoms with E-state index in [-0.39, 0.29) is 22.9 Å². The van der Waals surface area contributed by atoms with Gasteiger partial charge >= 0.3 is 6.03 Å². The second kappa shape index (κ2) is 6.66. The van der Waals surface area contributed by atoms with Crippen LogP contribution in [-0.2, 0) is 6.54 Å². The Hall–Kier alpha value is -1.95. The van der Waals surface area contributed by atoms with Crippen molar-refractivity contribution < 1.29 is 4.79 Å². The molecular weight excluding hydrogens is 359 g/mol. The third kappa shape index (κ3) is 3.88. The first kappa shape index (κ1) is 15.9. The molecule has 0 saturated heterocycles. The maximum Gasteiger partial charge on any atom is 0.319 e. The van der Waals surface area contributed by atoms with Crippen LogP contribution in [-0.4, -0.2) is 16.0 Å². The molecule has 2 aromatic heterocycles. The van der Waals surface area contributed by atoms with E-state index < -0.39 is 0 Å². The Morgan fingerprint density at radius 2 is 1.87 bits per heavy atom. The molecule has 23 heavy (non-hydrogen) atoms. The standard InChI is InChI=1S/C15H11Cl3N4O/c16-11-5-9(6-12-10(11)1-2-19-12)21-15(23)20-7-8-3-13(17)22-14(18)4-8/h1-6,19H,7H2,(H2,20,21,23). The SMILES string of the molecule is O=C(NCc1cc(Cl)nc(Cl)c1)Nc1cc(Cl)c2cc[nH]c2c1. The number of hydrogen-bond acceptors (Lipinski definition) is 2. The summed E-state index contributed by atoms with van der Waals surface area (Å²) < 4.78 is 0. The van der Waals surface area contributed by atoms with Crippen molar-refractivity contribution in [3.8, 4) is 0 Å². The van der Waals surface area contributed by atoms with Gasteiger partial charge in [0.25, 0.3) is 0 Å². The summed E-state index contributed by atoms with van der Waals surface area (Å²) in [5, 5.41) is 7.46. The number of rotatable bonds is 3. The van der Waals surface area contributed by atoms with E-state index >= 15 is 0 Å². The fourth-order valence-electron chi connectivity index (χ4n) is 2.17. The van der Waals surface area contributed by atoms with E-state index in [4.69, 9.17) is 34.8 Å². The number of aromatic amines is 1. The van der Waals surface area contributed by atoms with E-state index in [1.807, 2.05) is 6.07 Å². The van der Waals surface area contributed by atoms with Gasteiger partial charge in [0, 0.05) is 29.3 Å². The van der Waals surface area contributed by atoms with Gasteiger partial charge in [-0.1, -0.05) is 34.8 Å². The molecule has 0 unspecified atom stereocenters. The summed E-state index contributed by atoms with van der Waals surface area (Å²) in [6.07, 6.45) is 1.79. The summed E-state index contributed by atoms with van der Waals surface area (Å²) >= 11 is 17.8. The molecule has 3 aromatic rings. The zero-order valence-corrected chi connectivity index (χ0v) is 13.9. The molecule has 0 aliphatic heterocycles. The summed E-state index contributed by atoms with van der Waals surface area (Å²) in [7, 11) is 0. The number of aromatic nitrogens is 2. The van der Waals surface area contributed by atoms with Crippen molar-refractivity contribution in [2.75, 3.05) is 5.32 Å². The van der Waals surface area contributed by atoms with Crippen LogP contribution in [0.25, 0.3) is 10.9 Å². The molecule has 0 bridgehead atoms. The predicted octanol–water partition coefficient (Wildman–Crippen LogP) is 4.84. The number of anilines is 1. The minimum atomic E-state index is -0.365. The van der Waals surface area contributed by atoms with Crippen molar-refractivity contribution in [2.45, 2.75) is 6.54 Å². The minimum absolute atomic E-state index is 0.270. The van der Waals surface area contributed by atoms with Gasteiger partial charge in [-0.15, -0.1) is 0 Å². The number of carbonyl (C=O) groups is 1. The molecule has 1 aromatic carbocycles. The van der Waals surface area contributed by atoms with Crippen molar-refractivity contribution in [3.05, 3.63) is 57.4 Å². The van der Waals surface area contributed by atoms with Gasteiger partial charge in [-0.2, -0.15) is 0 Å². The number of pyridine rings is 1. The number of nitrogens with one attached hydrogen (secondary N) is 3. The third-order valence-electron chi connectivity index (χ3n) is 3.15. The molecule has 2 heterocycles. The number of halogens is 3. The van der Waals surface area contributed by atoms with Crippen molar-refractivity contribution in [3.63, 3.8) is 0 Å². The second-order valence-corrected chi connectivity index (χ2v) is 6.01. The normalized spacial score (nSPS) is 10.7. The molecule has 2 amide bonds. The highest BCUT2D eigenvalue weighted by Crippen LogP contribution is 2.27. The van der Waals surface area contributed by atoms with E-state index in [0.717, 1.165) is 16.5 Å². The molecule has 5 nitrogen and oxygen atoms in total. The predicted molar refractivity (Wildman–Crippen MR) is 93.4 cm³/mol. The Morgan fingerprint density at radius 1 is 1.13 bits per heavy atom. The number of H-pyrrole nitrogens is 1. The number of carbonyl (C=O) groups excluding carboxylic acids is 1.